The number of hydrogen-bond donors (Lipinski definition) is 3. The molecule has 2 amide bonds. The Bertz CT molecular complexity index is 1320. The van der Waals surface area contributed by atoms with Gasteiger partial charge >= 0.3 is 0 Å². The number of nitrogens with zero attached hydrogens (tertiary/aromatic N) is 1. The molecule has 3 N–H and O–H groups in total. The number of benzene rings is 2. The van der Waals surface area contributed by atoms with Crippen molar-refractivity contribution in [1.29, 1.82) is 0 Å². The van der Waals surface area contributed by atoms with Crippen molar-refractivity contribution in [3.63, 3.8) is 0 Å². The van der Waals surface area contributed by atoms with Crippen LogP contribution in [0.4, 0.5) is 5.69 Å². The molecule has 0 spiro atoms. The molecule has 1 aliphatic carbocycles. The molecular formula is C23H24N4O4S. The zero-order chi connectivity index (χ0) is 22.5. The second kappa shape index (κ2) is 7.67. The normalized spacial score (nSPS) is 18.2. The monoisotopic (exact) mass is 452 g/mol. The summed E-state index contributed by atoms with van der Waals surface area (Å²) in [4.78, 5) is 25.0. The van der Waals surface area contributed by atoms with Gasteiger partial charge < -0.3 is 15.2 Å². The van der Waals surface area contributed by atoms with Crippen molar-refractivity contribution in [3.8, 4) is 0 Å². The molecule has 2 heterocycles. The summed E-state index contributed by atoms with van der Waals surface area (Å²) in [6, 6.07) is 13.6. The van der Waals surface area contributed by atoms with Crippen molar-refractivity contribution in [1.82, 2.24) is 15.2 Å². The molecular weight excluding hydrogens is 428 g/mol. The maximum absolute atomic E-state index is 12.7. The third-order valence-corrected chi connectivity index (χ3v) is 7.28. The third kappa shape index (κ3) is 3.95. The molecule has 2 aromatic carbocycles. The van der Waals surface area contributed by atoms with Crippen molar-refractivity contribution < 1.29 is 18.0 Å². The second-order valence-electron chi connectivity index (χ2n) is 8.50. The van der Waals surface area contributed by atoms with Crippen LogP contribution < -0.4 is 15.4 Å². The number of sulfonamides is 1. The predicted molar refractivity (Wildman–Crippen MR) is 121 cm³/mol. The van der Waals surface area contributed by atoms with Crippen molar-refractivity contribution in [2.75, 3.05) is 11.3 Å². The topological polar surface area (TPSA) is 109 Å². The second-order valence-corrected chi connectivity index (χ2v) is 10.2. The number of rotatable bonds is 6. The Morgan fingerprint density at radius 1 is 1.12 bits per heavy atom. The quantitative estimate of drug-likeness (QED) is 0.534. The van der Waals surface area contributed by atoms with E-state index in [0.717, 1.165) is 29.3 Å². The zero-order valence-corrected chi connectivity index (χ0v) is 18.4. The van der Waals surface area contributed by atoms with Crippen LogP contribution >= 0.6 is 0 Å². The number of carbonyl (C=O) groups excluding carboxylic acids is 2. The van der Waals surface area contributed by atoms with Gasteiger partial charge in [0.05, 0.1) is 10.9 Å². The lowest BCUT2D eigenvalue weighted by Crippen LogP contribution is -2.41. The molecule has 3 aromatic rings. The van der Waals surface area contributed by atoms with Crippen LogP contribution in [0.3, 0.4) is 0 Å². The highest BCUT2D eigenvalue weighted by Crippen LogP contribution is 2.31. The first-order valence-corrected chi connectivity index (χ1v) is 12.1. The van der Waals surface area contributed by atoms with Crippen LogP contribution in [-0.4, -0.2) is 37.4 Å². The SMILES string of the molecule is Cc1ccc(S(=O)(=O)Nc2ccc3c(c2)cc2n3C(CC(=O)NC3CC3)CNC2=O)cc1. The van der Waals surface area contributed by atoms with E-state index in [1.165, 1.54) is 0 Å². The number of hydrogen-bond acceptors (Lipinski definition) is 4. The minimum Gasteiger partial charge on any atom is -0.353 e. The number of nitrogens with one attached hydrogen (secondary N) is 3. The maximum atomic E-state index is 12.7. The van der Waals surface area contributed by atoms with Gasteiger partial charge in [-0.15, -0.1) is 0 Å². The van der Waals surface area contributed by atoms with E-state index in [0.29, 0.717) is 17.9 Å². The van der Waals surface area contributed by atoms with Crippen LogP contribution in [0.5, 0.6) is 0 Å². The Kier molecular flexibility index (Phi) is 4.93. The molecule has 2 aliphatic rings. The van der Waals surface area contributed by atoms with Gasteiger partial charge in [-0.2, -0.15) is 0 Å². The fourth-order valence-electron chi connectivity index (χ4n) is 4.08. The molecule has 0 saturated heterocycles. The van der Waals surface area contributed by atoms with E-state index in [1.807, 2.05) is 11.5 Å². The molecule has 1 aliphatic heterocycles. The number of aromatic nitrogens is 1. The van der Waals surface area contributed by atoms with E-state index < -0.39 is 10.0 Å². The molecule has 1 unspecified atom stereocenters. The maximum Gasteiger partial charge on any atom is 0.268 e. The highest BCUT2D eigenvalue weighted by atomic mass is 32.2. The summed E-state index contributed by atoms with van der Waals surface area (Å²) in [6.45, 7) is 2.26. The van der Waals surface area contributed by atoms with Crippen molar-refractivity contribution in [2.45, 2.75) is 43.2 Å². The molecule has 0 bridgehead atoms. The fourth-order valence-corrected chi connectivity index (χ4v) is 5.13. The Morgan fingerprint density at radius 3 is 2.59 bits per heavy atom. The Hall–Kier alpha value is -3.33. The van der Waals surface area contributed by atoms with E-state index in [1.54, 1.807) is 48.5 Å². The summed E-state index contributed by atoms with van der Waals surface area (Å²) < 4.78 is 30.0. The molecule has 5 rings (SSSR count). The summed E-state index contributed by atoms with van der Waals surface area (Å²) in [5.41, 5.74) is 2.64. The molecule has 32 heavy (non-hydrogen) atoms. The van der Waals surface area contributed by atoms with Crippen LogP contribution in [0.15, 0.2) is 53.4 Å². The fraction of sp³-hybridized carbons (Fsp3) is 0.304. The van der Waals surface area contributed by atoms with Crippen molar-refractivity contribution in [3.05, 3.63) is 59.8 Å². The van der Waals surface area contributed by atoms with Gasteiger partial charge in [-0.1, -0.05) is 17.7 Å². The van der Waals surface area contributed by atoms with Crippen molar-refractivity contribution >= 4 is 38.4 Å². The smallest absolute Gasteiger partial charge is 0.268 e. The predicted octanol–water partition coefficient (Wildman–Crippen LogP) is 2.70. The molecule has 1 saturated carbocycles. The molecule has 1 fully saturated rings. The number of amides is 2. The summed E-state index contributed by atoms with van der Waals surface area (Å²) in [5.74, 6) is -0.231. The third-order valence-electron chi connectivity index (χ3n) is 5.88. The number of carbonyl (C=O) groups is 2. The lowest BCUT2D eigenvalue weighted by atomic mass is 10.1. The lowest BCUT2D eigenvalue weighted by Gasteiger charge is -2.27. The molecule has 0 radical (unpaired) electrons. The van der Waals surface area contributed by atoms with Gasteiger partial charge in [-0.3, -0.25) is 14.3 Å². The average Bonchev–Trinajstić information content (AvgIpc) is 3.46. The van der Waals surface area contributed by atoms with Crippen LogP contribution in [0, 0.1) is 6.92 Å². The van der Waals surface area contributed by atoms with Gasteiger partial charge in [-0.25, -0.2) is 8.42 Å². The van der Waals surface area contributed by atoms with E-state index in [2.05, 4.69) is 15.4 Å². The number of anilines is 1. The van der Waals surface area contributed by atoms with Crippen LogP contribution in [0.2, 0.25) is 0 Å². The average molecular weight is 453 g/mol. The van der Waals surface area contributed by atoms with Crippen molar-refractivity contribution in [2.24, 2.45) is 0 Å². The lowest BCUT2D eigenvalue weighted by molar-refractivity contribution is -0.122. The van der Waals surface area contributed by atoms with E-state index in [-0.39, 0.29) is 35.2 Å². The van der Waals surface area contributed by atoms with E-state index >= 15 is 0 Å². The summed E-state index contributed by atoms with van der Waals surface area (Å²) in [5, 5.41) is 6.58. The highest BCUT2D eigenvalue weighted by Gasteiger charge is 2.30. The van der Waals surface area contributed by atoms with Gasteiger partial charge in [0.25, 0.3) is 15.9 Å². The highest BCUT2D eigenvalue weighted by molar-refractivity contribution is 7.92. The van der Waals surface area contributed by atoms with Gasteiger partial charge in [0.1, 0.15) is 5.69 Å². The molecule has 1 aromatic heterocycles. The molecule has 166 valence electrons. The van der Waals surface area contributed by atoms with Gasteiger partial charge in [-0.05, 0) is 56.2 Å². The van der Waals surface area contributed by atoms with Gasteiger partial charge in [0, 0.05) is 35.6 Å². The van der Waals surface area contributed by atoms with Crippen LogP contribution in [-0.2, 0) is 14.8 Å². The molecule has 9 heteroatoms. The van der Waals surface area contributed by atoms with E-state index in [9.17, 15) is 18.0 Å². The van der Waals surface area contributed by atoms with Crippen LogP contribution in [0.25, 0.3) is 10.9 Å². The first-order chi connectivity index (χ1) is 15.3. The van der Waals surface area contributed by atoms with E-state index in [4.69, 9.17) is 0 Å². The van der Waals surface area contributed by atoms with Gasteiger partial charge in [0.2, 0.25) is 5.91 Å². The molecule has 1 atom stereocenters. The number of aryl methyl sites for hydroxylation is 1. The number of fused-ring (bicyclic) bond motifs is 3. The van der Waals surface area contributed by atoms with Gasteiger partial charge in [0.15, 0.2) is 0 Å². The summed E-state index contributed by atoms with van der Waals surface area (Å²) in [6.07, 6.45) is 2.31. The Balaban J connectivity index is 1.44. The Labute approximate surface area is 186 Å². The first kappa shape index (κ1) is 20.6. The standard InChI is InChI=1S/C23H24N4O4S/c1-14-2-7-19(8-3-14)32(30,31)26-17-6-9-20-15(10-17)11-21-23(29)24-13-18(27(20)21)12-22(28)25-16-4-5-16/h2-3,6-11,16,18,26H,4-5,12-13H2,1H3,(H,24,29)(H,25,28). The Morgan fingerprint density at radius 2 is 1.88 bits per heavy atom. The minimum absolute atomic E-state index is 0.0241. The summed E-state index contributed by atoms with van der Waals surface area (Å²) in [7, 11) is -3.73. The minimum atomic E-state index is -3.73. The zero-order valence-electron chi connectivity index (χ0n) is 17.6. The molecule has 8 nitrogen and oxygen atoms in total. The van der Waals surface area contributed by atoms with Crippen LogP contribution in [0.1, 0.15) is 41.4 Å². The first-order valence-electron chi connectivity index (χ1n) is 10.6. The largest absolute Gasteiger partial charge is 0.353 e. The summed E-state index contributed by atoms with van der Waals surface area (Å²) >= 11 is 0.